The Morgan fingerprint density at radius 2 is 1.50 bits per heavy atom. The number of ether oxygens (including phenoxy) is 1. The highest BCUT2D eigenvalue weighted by Crippen LogP contribution is 2.67. The van der Waals surface area contributed by atoms with Crippen molar-refractivity contribution in [3.05, 3.63) is 11.6 Å². The minimum Gasteiger partial charge on any atom is -0.393 e. The maximum Gasteiger partial charge on any atom is 0.0605 e. The molecular formula is C36H66O2. The predicted molar refractivity (Wildman–Crippen MR) is 164 cm³/mol. The molecule has 3 fully saturated rings. The molecule has 0 amide bonds. The molecule has 222 valence electrons. The van der Waals surface area contributed by atoms with Crippen LogP contribution in [-0.4, -0.2) is 22.4 Å². The third-order valence-corrected chi connectivity index (χ3v) is 11.7. The van der Waals surface area contributed by atoms with Crippen LogP contribution in [0.1, 0.15) is 147 Å². The smallest absolute Gasteiger partial charge is 0.0605 e. The molecule has 0 heterocycles. The van der Waals surface area contributed by atoms with Gasteiger partial charge in [0, 0.05) is 0 Å². The Hall–Kier alpha value is -0.340. The summed E-state index contributed by atoms with van der Waals surface area (Å²) >= 11 is 0. The number of rotatable bonds is 5. The van der Waals surface area contributed by atoms with Crippen molar-refractivity contribution in [3.8, 4) is 0 Å². The molecule has 4 rings (SSSR count). The Morgan fingerprint density at radius 3 is 2.05 bits per heavy atom. The molecule has 0 aromatic rings. The lowest BCUT2D eigenvalue weighted by atomic mass is 9.47. The molecule has 2 nitrogen and oxygen atoms in total. The molecule has 1 N–H and O–H groups in total. The molecule has 0 unspecified atom stereocenters. The van der Waals surface area contributed by atoms with Gasteiger partial charge in [0.2, 0.25) is 0 Å². The molecule has 0 bridgehead atoms. The van der Waals surface area contributed by atoms with Gasteiger partial charge in [0.05, 0.1) is 17.3 Å². The van der Waals surface area contributed by atoms with Gasteiger partial charge in [0.25, 0.3) is 0 Å². The van der Waals surface area contributed by atoms with E-state index in [0.717, 1.165) is 54.3 Å². The van der Waals surface area contributed by atoms with E-state index in [9.17, 15) is 5.11 Å². The summed E-state index contributed by atoms with van der Waals surface area (Å²) in [6.07, 6.45) is 15.7. The largest absolute Gasteiger partial charge is 0.393 e. The Labute approximate surface area is 238 Å². The molecule has 0 radical (unpaired) electrons. The minimum atomic E-state index is -0.0790. The fourth-order valence-corrected chi connectivity index (χ4v) is 9.60. The first kappa shape index (κ1) is 32.2. The third-order valence-electron chi connectivity index (χ3n) is 11.7. The van der Waals surface area contributed by atoms with E-state index in [2.05, 4.69) is 89.2 Å². The van der Waals surface area contributed by atoms with Gasteiger partial charge in [-0.1, -0.05) is 66.0 Å². The molecule has 2 heteroatoms. The normalized spacial score (nSPS) is 38.8. The second-order valence-corrected chi connectivity index (χ2v) is 17.0. The predicted octanol–water partition coefficient (Wildman–Crippen LogP) is 10.2. The summed E-state index contributed by atoms with van der Waals surface area (Å²) in [5, 5.41) is 10.2. The minimum absolute atomic E-state index is 0.0156. The zero-order valence-electron chi connectivity index (χ0n) is 27.6. The van der Waals surface area contributed by atoms with Gasteiger partial charge in [-0.2, -0.15) is 0 Å². The average Bonchev–Trinajstić information content (AvgIpc) is 3.13. The molecule has 0 aliphatic heterocycles. The van der Waals surface area contributed by atoms with Crippen molar-refractivity contribution in [2.75, 3.05) is 0 Å². The number of aliphatic hydroxyl groups excluding tert-OH is 1. The number of hydrogen-bond donors (Lipinski definition) is 1. The Kier molecular flexibility index (Phi) is 10.1. The van der Waals surface area contributed by atoms with Crippen molar-refractivity contribution in [1.29, 1.82) is 0 Å². The zero-order valence-corrected chi connectivity index (χ0v) is 27.6. The van der Waals surface area contributed by atoms with Crippen LogP contribution in [-0.2, 0) is 4.74 Å². The van der Waals surface area contributed by atoms with Crippen LogP contribution in [0.5, 0.6) is 0 Å². The van der Waals surface area contributed by atoms with Crippen LogP contribution in [0, 0.1) is 52.3 Å². The van der Waals surface area contributed by atoms with Gasteiger partial charge in [-0.25, -0.2) is 0 Å². The highest BCUT2D eigenvalue weighted by atomic mass is 16.5. The summed E-state index contributed by atoms with van der Waals surface area (Å²) in [4.78, 5) is 0. The third kappa shape index (κ3) is 7.29. The highest BCUT2D eigenvalue weighted by molar-refractivity contribution is 5.25. The van der Waals surface area contributed by atoms with E-state index in [4.69, 9.17) is 4.74 Å². The quantitative estimate of drug-likeness (QED) is 0.358. The summed E-state index contributed by atoms with van der Waals surface area (Å²) in [5.74, 6) is 6.24. The Balaban J connectivity index is 0.000000383. The molecule has 4 aliphatic carbocycles. The molecule has 0 aromatic heterocycles. The highest BCUT2D eigenvalue weighted by Gasteiger charge is 2.59. The van der Waals surface area contributed by atoms with E-state index in [1.165, 1.54) is 51.4 Å². The van der Waals surface area contributed by atoms with Gasteiger partial charge < -0.3 is 9.84 Å². The fraction of sp³-hybridized carbons (Fsp3) is 0.944. The number of fused-ring (bicyclic) bond motifs is 5. The lowest BCUT2D eigenvalue weighted by Crippen LogP contribution is -2.50. The first-order chi connectivity index (χ1) is 17.4. The van der Waals surface area contributed by atoms with Crippen LogP contribution in [0.2, 0.25) is 0 Å². The topological polar surface area (TPSA) is 29.5 Å². The van der Waals surface area contributed by atoms with Crippen molar-refractivity contribution in [2.45, 2.75) is 165 Å². The maximum absolute atomic E-state index is 10.2. The van der Waals surface area contributed by atoms with Crippen LogP contribution in [0.3, 0.4) is 0 Å². The zero-order chi connectivity index (χ0) is 28.7. The Bertz CT molecular complexity index is 785. The van der Waals surface area contributed by atoms with Crippen molar-refractivity contribution in [1.82, 2.24) is 0 Å². The van der Waals surface area contributed by atoms with Crippen LogP contribution >= 0.6 is 0 Å². The summed E-state index contributed by atoms with van der Waals surface area (Å²) in [7, 11) is 0. The molecule has 38 heavy (non-hydrogen) atoms. The monoisotopic (exact) mass is 531 g/mol. The molecule has 0 saturated heterocycles. The van der Waals surface area contributed by atoms with E-state index in [0.29, 0.717) is 10.8 Å². The van der Waals surface area contributed by atoms with Gasteiger partial charge in [-0.05, 0) is 145 Å². The van der Waals surface area contributed by atoms with Gasteiger partial charge in [-0.15, -0.1) is 0 Å². The van der Waals surface area contributed by atoms with Crippen molar-refractivity contribution >= 4 is 0 Å². The molecule has 0 aromatic carbocycles. The van der Waals surface area contributed by atoms with Crippen LogP contribution < -0.4 is 0 Å². The second kappa shape index (κ2) is 11.9. The SMILES string of the molecule is CC(C)(C)OC(C)(C)C.CC(C)[C@H](C)CC[C@@H](C)[C@H]1CC[C@H]2[C@@H]3CC=C4C[C@@H](O)CC[C@]4(C)[C@H]3CC[C@]12C. The molecule has 9 atom stereocenters. The lowest BCUT2D eigenvalue weighted by molar-refractivity contribution is -0.102. The summed E-state index contributed by atoms with van der Waals surface area (Å²) < 4.78 is 5.62. The number of allylic oxidation sites excluding steroid dienone is 1. The van der Waals surface area contributed by atoms with Gasteiger partial charge in [0.15, 0.2) is 0 Å². The fourth-order valence-electron chi connectivity index (χ4n) is 9.60. The lowest BCUT2D eigenvalue weighted by Gasteiger charge is -2.58. The van der Waals surface area contributed by atoms with E-state index in [1.54, 1.807) is 5.57 Å². The van der Waals surface area contributed by atoms with E-state index in [1.807, 2.05) is 0 Å². The summed E-state index contributed by atoms with van der Waals surface area (Å²) in [6, 6.07) is 0. The molecular weight excluding hydrogens is 464 g/mol. The van der Waals surface area contributed by atoms with Crippen LogP contribution in [0.4, 0.5) is 0 Å². The van der Waals surface area contributed by atoms with Gasteiger partial charge in [0.1, 0.15) is 0 Å². The molecule has 0 spiro atoms. The first-order valence-corrected chi connectivity index (χ1v) is 16.4. The maximum atomic E-state index is 10.2. The van der Waals surface area contributed by atoms with Crippen molar-refractivity contribution in [3.63, 3.8) is 0 Å². The Morgan fingerprint density at radius 1 is 0.868 bits per heavy atom. The molecule has 3 saturated carbocycles. The van der Waals surface area contributed by atoms with E-state index >= 15 is 0 Å². The van der Waals surface area contributed by atoms with Gasteiger partial charge >= 0.3 is 0 Å². The van der Waals surface area contributed by atoms with Gasteiger partial charge in [-0.3, -0.25) is 0 Å². The standard InChI is InChI=1S/C28H48O.C8H18O/c1-18(2)19(3)7-8-20(4)24-11-12-25-23-10-9-21-17-22(29)13-15-27(21,5)26(23)14-16-28(24,25)6;1-7(2,3)9-8(4,5)6/h9,18-20,22-26,29H,7-8,10-17H2,1-6H3;1-6H3/t19-,20-,22+,23+,24-,25+,26+,27+,28-;/m1./s1. The summed E-state index contributed by atoms with van der Waals surface area (Å²) in [6.45, 7) is 27.5. The number of hydrogen-bond acceptors (Lipinski definition) is 2. The second-order valence-electron chi connectivity index (χ2n) is 17.0. The average molecular weight is 531 g/mol. The molecule has 4 aliphatic rings. The van der Waals surface area contributed by atoms with Crippen molar-refractivity contribution in [2.24, 2.45) is 52.3 Å². The van der Waals surface area contributed by atoms with Crippen LogP contribution in [0.15, 0.2) is 11.6 Å². The number of aliphatic hydroxyl groups is 1. The first-order valence-electron chi connectivity index (χ1n) is 16.4. The summed E-state index contributed by atoms with van der Waals surface area (Å²) in [5.41, 5.74) is 2.56. The van der Waals surface area contributed by atoms with E-state index < -0.39 is 0 Å². The van der Waals surface area contributed by atoms with Crippen molar-refractivity contribution < 1.29 is 9.84 Å². The van der Waals surface area contributed by atoms with E-state index in [-0.39, 0.29) is 17.3 Å². The van der Waals surface area contributed by atoms with Crippen LogP contribution in [0.25, 0.3) is 0 Å².